The zero-order chi connectivity index (χ0) is 18.9. The maximum Gasteiger partial charge on any atom is 0.417 e. The molecule has 0 aliphatic carbocycles. The van der Waals surface area contributed by atoms with Crippen molar-refractivity contribution < 1.29 is 18.0 Å². The van der Waals surface area contributed by atoms with Gasteiger partial charge in [0.2, 0.25) is 0 Å². The molecule has 9 heteroatoms. The molecule has 0 saturated heterocycles. The van der Waals surface area contributed by atoms with E-state index in [0.717, 1.165) is 12.1 Å². The van der Waals surface area contributed by atoms with Crippen LogP contribution in [0.4, 0.5) is 18.9 Å². The summed E-state index contributed by atoms with van der Waals surface area (Å²) in [4.78, 5) is 12.3. The molecular weight excluding hydrogens is 369 g/mol. The monoisotopic (exact) mass is 380 g/mol. The van der Waals surface area contributed by atoms with Crippen molar-refractivity contribution in [1.82, 2.24) is 15.0 Å². The number of carbonyl (C=O) groups excluding carboxylic acids is 1. The zero-order valence-electron chi connectivity index (χ0n) is 13.4. The quantitative estimate of drug-likeness (QED) is 0.727. The number of aromatic nitrogens is 3. The highest BCUT2D eigenvalue weighted by atomic mass is 35.5. The van der Waals surface area contributed by atoms with E-state index in [4.69, 9.17) is 11.6 Å². The smallest absolute Gasteiger partial charge is 0.321 e. The Kier molecular flexibility index (Phi) is 4.69. The van der Waals surface area contributed by atoms with E-state index in [1.807, 2.05) is 6.07 Å². The van der Waals surface area contributed by atoms with E-state index in [1.54, 1.807) is 31.2 Å². The van der Waals surface area contributed by atoms with Gasteiger partial charge in [-0.05, 0) is 37.3 Å². The van der Waals surface area contributed by atoms with Gasteiger partial charge in [-0.2, -0.15) is 13.2 Å². The van der Waals surface area contributed by atoms with E-state index in [9.17, 15) is 18.0 Å². The van der Waals surface area contributed by atoms with Crippen molar-refractivity contribution in [2.45, 2.75) is 13.1 Å². The molecule has 134 valence electrons. The number of nitrogens with zero attached hydrogens (tertiary/aromatic N) is 3. The lowest BCUT2D eigenvalue weighted by molar-refractivity contribution is -0.137. The SMILES string of the molecule is Cc1c(C(=O)Nc2ccccc2)nnn1-c1ccc(C(F)(F)F)c(Cl)c1. The summed E-state index contributed by atoms with van der Waals surface area (Å²) in [7, 11) is 0. The van der Waals surface area contributed by atoms with Gasteiger partial charge in [-0.25, -0.2) is 4.68 Å². The topological polar surface area (TPSA) is 59.8 Å². The second-order valence-electron chi connectivity index (χ2n) is 5.42. The number of hydrogen-bond donors (Lipinski definition) is 1. The van der Waals surface area contributed by atoms with Crippen molar-refractivity contribution in [2.75, 3.05) is 5.32 Å². The number of halogens is 4. The second-order valence-corrected chi connectivity index (χ2v) is 5.82. The Morgan fingerprint density at radius 3 is 2.46 bits per heavy atom. The molecule has 1 amide bonds. The Hall–Kier alpha value is -2.87. The van der Waals surface area contributed by atoms with Crippen LogP contribution in [0, 0.1) is 6.92 Å². The summed E-state index contributed by atoms with van der Waals surface area (Å²) >= 11 is 5.73. The number of para-hydroxylation sites is 1. The molecule has 0 aliphatic rings. The summed E-state index contributed by atoms with van der Waals surface area (Å²) in [6.07, 6.45) is -4.55. The summed E-state index contributed by atoms with van der Waals surface area (Å²) < 4.78 is 39.7. The van der Waals surface area contributed by atoms with Crippen LogP contribution in [0.5, 0.6) is 0 Å². The van der Waals surface area contributed by atoms with Crippen LogP contribution in [-0.4, -0.2) is 20.9 Å². The lowest BCUT2D eigenvalue weighted by Crippen LogP contribution is -2.14. The van der Waals surface area contributed by atoms with E-state index in [0.29, 0.717) is 11.4 Å². The fourth-order valence-corrected chi connectivity index (χ4v) is 2.64. The van der Waals surface area contributed by atoms with Crippen molar-refractivity contribution in [3.63, 3.8) is 0 Å². The molecule has 0 fully saturated rings. The first-order valence-corrected chi connectivity index (χ1v) is 7.81. The second kappa shape index (κ2) is 6.80. The molecule has 0 radical (unpaired) electrons. The van der Waals surface area contributed by atoms with Gasteiger partial charge in [0.05, 0.1) is 22.0 Å². The average molecular weight is 381 g/mol. The molecule has 0 unspecified atom stereocenters. The molecule has 0 bridgehead atoms. The van der Waals surface area contributed by atoms with Gasteiger partial charge in [-0.15, -0.1) is 5.10 Å². The zero-order valence-corrected chi connectivity index (χ0v) is 14.1. The number of benzene rings is 2. The Morgan fingerprint density at radius 2 is 1.85 bits per heavy atom. The minimum Gasteiger partial charge on any atom is -0.321 e. The first kappa shape index (κ1) is 17.9. The van der Waals surface area contributed by atoms with Crippen molar-refractivity contribution >= 4 is 23.2 Å². The van der Waals surface area contributed by atoms with Crippen molar-refractivity contribution in [3.05, 3.63) is 70.5 Å². The third kappa shape index (κ3) is 3.55. The van der Waals surface area contributed by atoms with Crippen LogP contribution in [0.1, 0.15) is 21.7 Å². The molecular formula is C17H12ClF3N4O. The van der Waals surface area contributed by atoms with E-state index in [2.05, 4.69) is 15.6 Å². The highest BCUT2D eigenvalue weighted by Crippen LogP contribution is 2.35. The molecule has 1 N–H and O–H groups in total. The third-order valence-electron chi connectivity index (χ3n) is 3.64. The van der Waals surface area contributed by atoms with Gasteiger partial charge < -0.3 is 5.32 Å². The molecule has 1 aromatic heterocycles. The van der Waals surface area contributed by atoms with Crippen LogP contribution < -0.4 is 5.32 Å². The van der Waals surface area contributed by atoms with Crippen LogP contribution in [0.3, 0.4) is 0 Å². The minimum atomic E-state index is -4.55. The van der Waals surface area contributed by atoms with Gasteiger partial charge in [-0.1, -0.05) is 35.0 Å². The number of nitrogens with one attached hydrogen (secondary N) is 1. The maximum atomic E-state index is 12.8. The number of carbonyl (C=O) groups is 1. The molecule has 3 rings (SSSR count). The lowest BCUT2D eigenvalue weighted by Gasteiger charge is -2.11. The van der Waals surface area contributed by atoms with Crippen LogP contribution >= 0.6 is 11.6 Å². The maximum absolute atomic E-state index is 12.8. The van der Waals surface area contributed by atoms with Crippen molar-refractivity contribution in [1.29, 1.82) is 0 Å². The molecule has 5 nitrogen and oxygen atoms in total. The number of rotatable bonds is 3. The van der Waals surface area contributed by atoms with Gasteiger partial charge in [0, 0.05) is 5.69 Å². The number of anilines is 1. The highest BCUT2D eigenvalue weighted by Gasteiger charge is 2.33. The molecule has 0 atom stereocenters. The third-order valence-corrected chi connectivity index (χ3v) is 3.96. The molecule has 2 aromatic carbocycles. The van der Waals surface area contributed by atoms with Crippen molar-refractivity contribution in [3.8, 4) is 5.69 Å². The van der Waals surface area contributed by atoms with Crippen LogP contribution in [0.25, 0.3) is 5.69 Å². The standard InChI is InChI=1S/C17H12ClF3N4O/c1-10-15(16(26)22-11-5-3-2-4-6-11)23-24-25(10)12-7-8-13(14(18)9-12)17(19,20)21/h2-9H,1H3,(H,22,26). The fraction of sp³-hybridized carbons (Fsp3) is 0.118. The van der Waals surface area contributed by atoms with Crippen LogP contribution in [0.2, 0.25) is 5.02 Å². The minimum absolute atomic E-state index is 0.0601. The Morgan fingerprint density at radius 1 is 1.15 bits per heavy atom. The summed E-state index contributed by atoms with van der Waals surface area (Å²) in [5.41, 5.74) is 0.345. The lowest BCUT2D eigenvalue weighted by atomic mass is 10.2. The summed E-state index contributed by atoms with van der Waals surface area (Å²) in [5.74, 6) is -0.474. The Bertz CT molecular complexity index is 954. The van der Waals surface area contributed by atoms with E-state index >= 15 is 0 Å². The number of hydrogen-bond acceptors (Lipinski definition) is 3. The summed E-state index contributed by atoms with van der Waals surface area (Å²) in [6.45, 7) is 1.59. The normalized spacial score (nSPS) is 11.4. The molecule has 0 aliphatic heterocycles. The molecule has 0 spiro atoms. The van der Waals surface area contributed by atoms with E-state index in [1.165, 1.54) is 10.7 Å². The van der Waals surface area contributed by atoms with Gasteiger partial charge >= 0.3 is 6.18 Å². The Labute approximate surface area is 151 Å². The first-order valence-electron chi connectivity index (χ1n) is 7.43. The van der Waals surface area contributed by atoms with Crippen LogP contribution in [-0.2, 0) is 6.18 Å². The Balaban J connectivity index is 1.90. The molecule has 3 aromatic rings. The van der Waals surface area contributed by atoms with Gasteiger partial charge in [-0.3, -0.25) is 4.79 Å². The van der Waals surface area contributed by atoms with Crippen LogP contribution in [0.15, 0.2) is 48.5 Å². The van der Waals surface area contributed by atoms with Gasteiger partial charge in [0.25, 0.3) is 5.91 Å². The van der Waals surface area contributed by atoms with E-state index in [-0.39, 0.29) is 11.4 Å². The summed E-state index contributed by atoms with van der Waals surface area (Å²) in [6, 6.07) is 12.0. The predicted molar refractivity (Wildman–Crippen MR) is 90.5 cm³/mol. The van der Waals surface area contributed by atoms with Crippen molar-refractivity contribution in [2.24, 2.45) is 0 Å². The highest BCUT2D eigenvalue weighted by molar-refractivity contribution is 6.31. The average Bonchev–Trinajstić information content (AvgIpc) is 2.96. The summed E-state index contributed by atoms with van der Waals surface area (Å²) in [5, 5.41) is 9.89. The fourth-order valence-electron chi connectivity index (χ4n) is 2.36. The molecule has 1 heterocycles. The predicted octanol–water partition coefficient (Wildman–Crippen LogP) is 4.50. The molecule has 26 heavy (non-hydrogen) atoms. The van der Waals surface area contributed by atoms with Gasteiger partial charge in [0.15, 0.2) is 5.69 Å². The first-order chi connectivity index (χ1) is 12.3. The van der Waals surface area contributed by atoms with Gasteiger partial charge in [0.1, 0.15) is 0 Å². The molecule has 0 saturated carbocycles. The number of alkyl halides is 3. The number of amides is 1. The van der Waals surface area contributed by atoms with E-state index < -0.39 is 22.7 Å². The largest absolute Gasteiger partial charge is 0.417 e.